The van der Waals surface area contributed by atoms with Gasteiger partial charge in [0.15, 0.2) is 0 Å². The van der Waals surface area contributed by atoms with Crippen LogP contribution in [0.3, 0.4) is 0 Å². The first-order valence-corrected chi connectivity index (χ1v) is 8.10. The normalized spacial score (nSPS) is 12.6. The molecule has 3 nitrogen and oxygen atoms in total. The van der Waals surface area contributed by atoms with Crippen molar-refractivity contribution in [3.05, 3.63) is 46.7 Å². The van der Waals surface area contributed by atoms with Crippen molar-refractivity contribution < 1.29 is 0 Å². The van der Waals surface area contributed by atoms with Crippen LogP contribution >= 0.6 is 27.7 Å². The number of aryl methyl sites for hydroxylation is 1. The number of nitrogens with zero attached hydrogens (tertiary/aromatic N) is 2. The molecule has 0 spiro atoms. The second-order valence-corrected chi connectivity index (χ2v) is 6.44. The van der Waals surface area contributed by atoms with Crippen LogP contribution in [0.4, 0.5) is 0 Å². The molecule has 0 bridgehead atoms. The lowest BCUT2D eigenvalue weighted by atomic mass is 10.1. The average Bonchev–Trinajstić information content (AvgIpc) is 2.86. The van der Waals surface area contributed by atoms with Crippen LogP contribution in [0.25, 0.3) is 0 Å². The van der Waals surface area contributed by atoms with Gasteiger partial charge >= 0.3 is 0 Å². The van der Waals surface area contributed by atoms with Crippen molar-refractivity contribution in [2.75, 3.05) is 5.75 Å². The number of rotatable bonds is 6. The Labute approximate surface area is 126 Å². The highest BCUT2D eigenvalue weighted by molar-refractivity contribution is 9.10. The summed E-state index contributed by atoms with van der Waals surface area (Å²) >= 11 is 5.23. The summed E-state index contributed by atoms with van der Waals surface area (Å²) in [5.41, 5.74) is 7.38. The van der Waals surface area contributed by atoms with Crippen LogP contribution in [0.2, 0.25) is 0 Å². The van der Waals surface area contributed by atoms with Crippen molar-refractivity contribution in [1.29, 1.82) is 0 Å². The van der Waals surface area contributed by atoms with E-state index in [9.17, 15) is 0 Å². The molecule has 0 aliphatic rings. The highest BCUT2D eigenvalue weighted by Crippen LogP contribution is 2.21. The van der Waals surface area contributed by atoms with E-state index in [1.54, 1.807) is 11.8 Å². The van der Waals surface area contributed by atoms with Crippen molar-refractivity contribution in [3.8, 4) is 0 Å². The van der Waals surface area contributed by atoms with Crippen LogP contribution in [0.15, 0.2) is 46.0 Å². The first-order chi connectivity index (χ1) is 9.17. The summed E-state index contributed by atoms with van der Waals surface area (Å²) in [7, 11) is 0. The molecule has 19 heavy (non-hydrogen) atoms. The summed E-state index contributed by atoms with van der Waals surface area (Å²) in [4.78, 5) is 1.25. The lowest BCUT2D eigenvalue weighted by Crippen LogP contribution is -2.25. The Morgan fingerprint density at radius 2 is 2.11 bits per heavy atom. The molecule has 2 aromatic rings. The largest absolute Gasteiger partial charge is 0.327 e. The zero-order valence-electron chi connectivity index (χ0n) is 10.9. The van der Waals surface area contributed by atoms with E-state index in [-0.39, 0.29) is 6.04 Å². The van der Waals surface area contributed by atoms with Crippen LogP contribution in [-0.2, 0) is 13.0 Å². The molecular formula is C14H18BrN3S. The summed E-state index contributed by atoms with van der Waals surface area (Å²) in [5.74, 6) is 0.916. The molecule has 1 heterocycles. The fourth-order valence-corrected chi connectivity index (χ4v) is 2.90. The van der Waals surface area contributed by atoms with Gasteiger partial charge in [-0.05, 0) is 43.2 Å². The summed E-state index contributed by atoms with van der Waals surface area (Å²) in [5, 5.41) is 4.26. The third-order valence-corrected chi connectivity index (χ3v) is 4.52. The maximum Gasteiger partial charge on any atom is 0.0522 e. The second-order valence-electron chi connectivity index (χ2n) is 4.43. The Kier molecular flexibility index (Phi) is 5.48. The van der Waals surface area contributed by atoms with Crippen molar-refractivity contribution in [3.63, 3.8) is 0 Å². The molecule has 0 aliphatic heterocycles. The van der Waals surface area contributed by atoms with Crippen LogP contribution in [0.1, 0.15) is 12.5 Å². The van der Waals surface area contributed by atoms with Gasteiger partial charge in [0.25, 0.3) is 0 Å². The Balaban J connectivity index is 1.81. The number of thioether (sulfide) groups is 1. The average molecular weight is 340 g/mol. The number of nitrogens with two attached hydrogens (primary N) is 1. The summed E-state index contributed by atoms with van der Waals surface area (Å²) in [6, 6.07) is 8.48. The predicted octanol–water partition coefficient (Wildman–Crippen LogP) is 3.33. The molecule has 2 N–H and O–H groups in total. The van der Waals surface area contributed by atoms with Crippen LogP contribution in [0, 0.1) is 0 Å². The van der Waals surface area contributed by atoms with Gasteiger partial charge in [0.2, 0.25) is 0 Å². The minimum atomic E-state index is 0.156. The first kappa shape index (κ1) is 14.6. The standard InChI is InChI=1S/C14H18BrN3S/c1-2-18-9-11(8-17-18)7-13(16)10-19-14-5-3-12(15)4-6-14/h3-6,8-9,13H,2,7,10,16H2,1H3. The van der Waals surface area contributed by atoms with Gasteiger partial charge in [0.05, 0.1) is 6.20 Å². The maximum absolute atomic E-state index is 6.17. The third-order valence-electron chi connectivity index (χ3n) is 2.79. The molecule has 1 aromatic carbocycles. The number of aromatic nitrogens is 2. The molecule has 5 heteroatoms. The smallest absolute Gasteiger partial charge is 0.0522 e. The van der Waals surface area contributed by atoms with Crippen molar-refractivity contribution in [2.24, 2.45) is 5.73 Å². The van der Waals surface area contributed by atoms with E-state index in [2.05, 4.69) is 58.4 Å². The SMILES string of the molecule is CCn1cc(CC(N)CSc2ccc(Br)cc2)cn1. The molecule has 1 atom stereocenters. The van der Waals surface area contributed by atoms with E-state index < -0.39 is 0 Å². The van der Waals surface area contributed by atoms with Gasteiger partial charge in [0.1, 0.15) is 0 Å². The molecule has 0 radical (unpaired) electrons. The Morgan fingerprint density at radius 1 is 1.37 bits per heavy atom. The van der Waals surface area contributed by atoms with Gasteiger partial charge < -0.3 is 5.73 Å². The zero-order chi connectivity index (χ0) is 13.7. The summed E-state index contributed by atoms with van der Waals surface area (Å²) in [6.45, 7) is 2.99. The van der Waals surface area contributed by atoms with Crippen molar-refractivity contribution in [1.82, 2.24) is 9.78 Å². The quantitative estimate of drug-likeness (QED) is 0.821. The van der Waals surface area contributed by atoms with Gasteiger partial charge in [-0.1, -0.05) is 15.9 Å². The monoisotopic (exact) mass is 339 g/mol. The molecule has 0 amide bonds. The van der Waals surface area contributed by atoms with Crippen LogP contribution in [-0.4, -0.2) is 21.6 Å². The van der Waals surface area contributed by atoms with E-state index in [4.69, 9.17) is 5.73 Å². The fraction of sp³-hybridized carbons (Fsp3) is 0.357. The first-order valence-electron chi connectivity index (χ1n) is 6.32. The molecule has 0 saturated carbocycles. The summed E-state index contributed by atoms with van der Waals surface area (Å²) < 4.78 is 3.04. The van der Waals surface area contributed by atoms with E-state index in [1.165, 1.54) is 10.5 Å². The van der Waals surface area contributed by atoms with Crippen molar-refractivity contribution >= 4 is 27.7 Å². The third kappa shape index (κ3) is 4.67. The molecule has 1 unspecified atom stereocenters. The molecule has 2 rings (SSSR count). The molecular weight excluding hydrogens is 322 g/mol. The van der Waals surface area contributed by atoms with Gasteiger partial charge in [-0.2, -0.15) is 5.10 Å². The van der Waals surface area contributed by atoms with Gasteiger partial charge in [-0.3, -0.25) is 4.68 Å². The Hall–Kier alpha value is -0.780. The highest BCUT2D eigenvalue weighted by Gasteiger charge is 2.07. The Bertz CT molecular complexity index is 510. The Morgan fingerprint density at radius 3 is 2.74 bits per heavy atom. The van der Waals surface area contributed by atoms with Crippen molar-refractivity contribution in [2.45, 2.75) is 30.8 Å². The molecule has 0 fully saturated rings. The van der Waals surface area contributed by atoms with Gasteiger partial charge in [-0.25, -0.2) is 0 Å². The summed E-state index contributed by atoms with van der Waals surface area (Å²) in [6.07, 6.45) is 4.86. The van der Waals surface area contributed by atoms with Gasteiger partial charge in [0, 0.05) is 33.9 Å². The van der Waals surface area contributed by atoms with E-state index in [0.717, 1.165) is 23.2 Å². The maximum atomic E-state index is 6.17. The predicted molar refractivity (Wildman–Crippen MR) is 84.4 cm³/mol. The van der Waals surface area contributed by atoms with E-state index in [1.807, 2.05) is 10.9 Å². The lowest BCUT2D eigenvalue weighted by molar-refractivity contribution is 0.658. The van der Waals surface area contributed by atoms with Crippen LogP contribution < -0.4 is 5.73 Å². The van der Waals surface area contributed by atoms with Crippen LogP contribution in [0.5, 0.6) is 0 Å². The zero-order valence-corrected chi connectivity index (χ0v) is 13.3. The minimum Gasteiger partial charge on any atom is -0.327 e. The molecule has 102 valence electrons. The molecule has 0 aliphatic carbocycles. The lowest BCUT2D eigenvalue weighted by Gasteiger charge is -2.09. The fourth-order valence-electron chi connectivity index (χ4n) is 1.78. The number of halogens is 1. The number of benzene rings is 1. The van der Waals surface area contributed by atoms with E-state index >= 15 is 0 Å². The highest BCUT2D eigenvalue weighted by atomic mass is 79.9. The molecule has 0 saturated heterocycles. The van der Waals surface area contributed by atoms with E-state index in [0.29, 0.717) is 0 Å². The number of hydrogen-bond acceptors (Lipinski definition) is 3. The van der Waals surface area contributed by atoms with Gasteiger partial charge in [-0.15, -0.1) is 11.8 Å². The minimum absolute atomic E-state index is 0.156. The number of hydrogen-bond donors (Lipinski definition) is 1. The molecule has 1 aromatic heterocycles. The topological polar surface area (TPSA) is 43.8 Å². The second kappa shape index (κ2) is 7.12.